The van der Waals surface area contributed by atoms with Crippen molar-refractivity contribution < 1.29 is 4.74 Å². The Morgan fingerprint density at radius 3 is 2.57 bits per heavy atom. The number of unbranched alkanes of at least 4 members (excludes halogenated alkanes) is 5. The van der Waals surface area contributed by atoms with E-state index < -0.39 is 0 Å². The Morgan fingerprint density at radius 1 is 1.10 bits per heavy atom. The molecule has 0 N–H and O–H groups in total. The monoisotopic (exact) mass is 306 g/mol. The fourth-order valence-corrected chi connectivity index (χ4v) is 2.24. The van der Waals surface area contributed by atoms with Crippen LogP contribution in [0.2, 0.25) is 0 Å². The van der Waals surface area contributed by atoms with E-state index >= 15 is 0 Å². The van der Waals surface area contributed by atoms with Crippen LogP contribution in [0.3, 0.4) is 0 Å². The van der Waals surface area contributed by atoms with Crippen molar-refractivity contribution in [1.29, 1.82) is 0 Å². The minimum Gasteiger partial charge on any atom is -0.494 e. The summed E-state index contributed by atoms with van der Waals surface area (Å²) in [5.41, 5.74) is 2.23. The van der Waals surface area contributed by atoms with Gasteiger partial charge < -0.3 is 4.74 Å². The van der Waals surface area contributed by atoms with Crippen LogP contribution in [0.1, 0.15) is 63.0 Å². The smallest absolute Gasteiger partial charge is 0.119 e. The first-order valence-electron chi connectivity index (χ1n) is 8.06. The molecule has 1 rings (SSSR count). The van der Waals surface area contributed by atoms with Gasteiger partial charge in [0.2, 0.25) is 0 Å². The van der Waals surface area contributed by atoms with Crippen molar-refractivity contribution in [2.45, 2.75) is 58.8 Å². The van der Waals surface area contributed by atoms with Gasteiger partial charge in [-0.15, -0.1) is 11.6 Å². The summed E-state index contributed by atoms with van der Waals surface area (Å²) in [7, 11) is 0. The third-order valence-electron chi connectivity index (χ3n) is 3.41. The van der Waals surface area contributed by atoms with Gasteiger partial charge in [0.25, 0.3) is 0 Å². The Balaban J connectivity index is 2.30. The molecule has 0 amide bonds. The molecule has 116 valence electrons. The molecule has 1 aromatic carbocycles. The van der Waals surface area contributed by atoms with E-state index in [-0.39, 0.29) is 0 Å². The first-order chi connectivity index (χ1) is 10.3. The van der Waals surface area contributed by atoms with Gasteiger partial charge in [0, 0.05) is 17.9 Å². The molecule has 1 nitrogen and oxygen atoms in total. The number of halogens is 1. The van der Waals surface area contributed by atoms with Gasteiger partial charge in [-0.3, -0.25) is 0 Å². The summed E-state index contributed by atoms with van der Waals surface area (Å²) >= 11 is 5.62. The van der Waals surface area contributed by atoms with Crippen molar-refractivity contribution >= 4 is 11.6 Å². The van der Waals surface area contributed by atoms with E-state index in [1.807, 2.05) is 12.1 Å². The van der Waals surface area contributed by atoms with Gasteiger partial charge in [0.05, 0.1) is 6.61 Å². The van der Waals surface area contributed by atoms with Gasteiger partial charge in [-0.25, -0.2) is 0 Å². The standard InChI is InChI=1S/C19H27ClO/c1-3-4-5-6-7-10-15-21-19-13-12-18(17(2)16-19)11-8-9-14-20/h12-13,16H,3-7,9-10,14-15H2,1-2H3. The highest BCUT2D eigenvalue weighted by Crippen LogP contribution is 2.17. The van der Waals surface area contributed by atoms with Crippen LogP contribution in [0.4, 0.5) is 0 Å². The van der Waals surface area contributed by atoms with Crippen LogP contribution in [0.15, 0.2) is 18.2 Å². The second kappa shape index (κ2) is 11.5. The Labute approximate surface area is 135 Å². The van der Waals surface area contributed by atoms with E-state index in [2.05, 4.69) is 31.8 Å². The zero-order chi connectivity index (χ0) is 15.3. The molecule has 0 fully saturated rings. The summed E-state index contributed by atoms with van der Waals surface area (Å²) in [6, 6.07) is 6.11. The third-order valence-corrected chi connectivity index (χ3v) is 3.60. The Hall–Kier alpha value is -1.13. The molecule has 0 aromatic heterocycles. The van der Waals surface area contributed by atoms with Gasteiger partial charge in [-0.1, -0.05) is 50.9 Å². The van der Waals surface area contributed by atoms with Crippen LogP contribution in [0.5, 0.6) is 5.75 Å². The molecule has 0 aliphatic carbocycles. The average Bonchev–Trinajstić information content (AvgIpc) is 2.48. The maximum Gasteiger partial charge on any atom is 0.119 e. The van der Waals surface area contributed by atoms with E-state index in [1.54, 1.807) is 0 Å². The first-order valence-corrected chi connectivity index (χ1v) is 8.59. The number of hydrogen-bond acceptors (Lipinski definition) is 1. The van der Waals surface area contributed by atoms with Crippen molar-refractivity contribution in [2.24, 2.45) is 0 Å². The average molecular weight is 307 g/mol. The third kappa shape index (κ3) is 8.02. The number of benzene rings is 1. The molecule has 0 radical (unpaired) electrons. The van der Waals surface area contributed by atoms with Crippen molar-refractivity contribution in [3.63, 3.8) is 0 Å². The molecule has 0 atom stereocenters. The molecule has 0 bridgehead atoms. The van der Waals surface area contributed by atoms with Gasteiger partial charge in [-0.05, 0) is 37.1 Å². The number of alkyl halides is 1. The van der Waals surface area contributed by atoms with Crippen molar-refractivity contribution in [3.05, 3.63) is 29.3 Å². The predicted octanol–water partition coefficient (Wildman–Crippen LogP) is 5.71. The van der Waals surface area contributed by atoms with Crippen LogP contribution in [-0.2, 0) is 0 Å². The van der Waals surface area contributed by atoms with Crippen molar-refractivity contribution in [2.75, 3.05) is 12.5 Å². The molecular weight excluding hydrogens is 280 g/mol. The van der Waals surface area contributed by atoms with Crippen LogP contribution in [0, 0.1) is 18.8 Å². The lowest BCUT2D eigenvalue weighted by atomic mass is 10.1. The quantitative estimate of drug-likeness (QED) is 0.322. The van der Waals surface area contributed by atoms with Crippen molar-refractivity contribution in [1.82, 2.24) is 0 Å². The van der Waals surface area contributed by atoms with Crippen LogP contribution in [-0.4, -0.2) is 12.5 Å². The van der Waals surface area contributed by atoms with Gasteiger partial charge in [0.1, 0.15) is 5.75 Å². The molecule has 0 aliphatic rings. The molecular formula is C19H27ClO. The fraction of sp³-hybridized carbons (Fsp3) is 0.579. The molecule has 0 spiro atoms. The topological polar surface area (TPSA) is 9.23 Å². The fourth-order valence-electron chi connectivity index (χ4n) is 2.14. The summed E-state index contributed by atoms with van der Waals surface area (Å²) in [6.07, 6.45) is 8.47. The molecule has 2 heteroatoms. The van der Waals surface area contributed by atoms with Gasteiger partial charge in [-0.2, -0.15) is 0 Å². The molecule has 0 aliphatic heterocycles. The Morgan fingerprint density at radius 2 is 1.86 bits per heavy atom. The van der Waals surface area contributed by atoms with Crippen molar-refractivity contribution in [3.8, 4) is 17.6 Å². The van der Waals surface area contributed by atoms with E-state index in [1.165, 1.54) is 32.1 Å². The maximum atomic E-state index is 5.80. The summed E-state index contributed by atoms with van der Waals surface area (Å²) in [6.45, 7) is 5.13. The van der Waals surface area contributed by atoms with Crippen LogP contribution < -0.4 is 4.74 Å². The number of hydrogen-bond donors (Lipinski definition) is 0. The number of rotatable bonds is 9. The number of aryl methyl sites for hydroxylation is 1. The zero-order valence-corrected chi connectivity index (χ0v) is 14.1. The first kappa shape index (κ1) is 17.9. The lowest BCUT2D eigenvalue weighted by Crippen LogP contribution is -1.98. The van der Waals surface area contributed by atoms with Gasteiger partial charge in [0.15, 0.2) is 0 Å². The van der Waals surface area contributed by atoms with E-state index in [0.29, 0.717) is 5.88 Å². The molecule has 0 unspecified atom stereocenters. The van der Waals surface area contributed by atoms with E-state index in [4.69, 9.17) is 16.3 Å². The van der Waals surface area contributed by atoms with Gasteiger partial charge >= 0.3 is 0 Å². The second-order valence-electron chi connectivity index (χ2n) is 5.33. The largest absolute Gasteiger partial charge is 0.494 e. The molecule has 0 heterocycles. The lowest BCUT2D eigenvalue weighted by Gasteiger charge is -2.08. The minimum absolute atomic E-state index is 0.589. The summed E-state index contributed by atoms with van der Waals surface area (Å²) < 4.78 is 5.80. The number of ether oxygens (including phenoxy) is 1. The highest BCUT2D eigenvalue weighted by molar-refractivity contribution is 6.18. The van der Waals surface area contributed by atoms with Crippen LogP contribution >= 0.6 is 11.6 Å². The van der Waals surface area contributed by atoms with E-state index in [9.17, 15) is 0 Å². The summed E-state index contributed by atoms with van der Waals surface area (Å²) in [5, 5.41) is 0. The van der Waals surface area contributed by atoms with E-state index in [0.717, 1.165) is 36.3 Å². The minimum atomic E-state index is 0.589. The molecule has 21 heavy (non-hydrogen) atoms. The lowest BCUT2D eigenvalue weighted by molar-refractivity contribution is 0.304. The summed E-state index contributed by atoms with van der Waals surface area (Å²) in [4.78, 5) is 0. The van der Waals surface area contributed by atoms with Crippen LogP contribution in [0.25, 0.3) is 0 Å². The highest BCUT2D eigenvalue weighted by atomic mass is 35.5. The summed E-state index contributed by atoms with van der Waals surface area (Å²) in [5.74, 6) is 7.75. The Kier molecular flexibility index (Phi) is 9.83. The normalized spacial score (nSPS) is 10.0. The molecule has 0 saturated carbocycles. The Bertz CT molecular complexity index is 456. The molecule has 1 aromatic rings. The maximum absolute atomic E-state index is 5.80. The zero-order valence-electron chi connectivity index (χ0n) is 13.4. The molecule has 0 saturated heterocycles. The second-order valence-corrected chi connectivity index (χ2v) is 5.71. The highest BCUT2D eigenvalue weighted by Gasteiger charge is 1.99. The SMILES string of the molecule is CCCCCCCCOc1ccc(C#CCCCl)c(C)c1. The predicted molar refractivity (Wildman–Crippen MR) is 92.3 cm³/mol.